The number of nitrogens with zero attached hydrogens (tertiary/aromatic N) is 2. The molecule has 1 saturated heterocycles. The zero-order valence-electron chi connectivity index (χ0n) is 11.8. The average molecular weight is 304 g/mol. The van der Waals surface area contributed by atoms with Crippen LogP contribution in [0.1, 0.15) is 26.7 Å². The summed E-state index contributed by atoms with van der Waals surface area (Å²) in [7, 11) is -2.23. The molecule has 2 N–H and O–H groups in total. The second-order valence-corrected chi connectivity index (χ2v) is 6.57. The molecule has 1 heterocycles. The third-order valence-electron chi connectivity index (χ3n) is 2.94. The zero-order valence-corrected chi connectivity index (χ0v) is 12.7. The van der Waals surface area contributed by atoms with E-state index in [-0.39, 0.29) is 0 Å². The lowest BCUT2D eigenvalue weighted by Crippen LogP contribution is -2.57. The van der Waals surface area contributed by atoms with E-state index in [2.05, 4.69) is 4.72 Å². The molecule has 0 unspecified atom stereocenters. The van der Waals surface area contributed by atoms with Crippen LogP contribution in [0, 0.1) is 11.3 Å². The smallest absolute Gasteiger partial charge is 0.422 e. The normalized spacial score (nSPS) is 19.4. The molecular formula is C11H20N4O4S. The molecule has 0 aliphatic carbocycles. The number of piperidine rings is 1. The first-order chi connectivity index (χ1) is 9.18. The highest BCUT2D eigenvalue weighted by atomic mass is 32.2. The first-order valence-corrected chi connectivity index (χ1v) is 7.78. The number of rotatable bonds is 4. The van der Waals surface area contributed by atoms with Gasteiger partial charge in [0.25, 0.3) is 0 Å². The molecule has 114 valence electrons. The summed E-state index contributed by atoms with van der Waals surface area (Å²) in [6, 6.07) is 2.00. The van der Waals surface area contributed by atoms with Crippen LogP contribution in [-0.4, -0.2) is 51.2 Å². The monoisotopic (exact) mass is 304 g/mol. The van der Waals surface area contributed by atoms with Gasteiger partial charge in [0.1, 0.15) is 5.54 Å². The Balaban J connectivity index is 2.69. The number of hydrogen-bond donors (Lipinski definition) is 2. The molecule has 0 atom stereocenters. The molecule has 0 bridgehead atoms. The van der Waals surface area contributed by atoms with Crippen molar-refractivity contribution in [2.45, 2.75) is 38.3 Å². The van der Waals surface area contributed by atoms with Crippen LogP contribution in [0.2, 0.25) is 0 Å². The van der Waals surface area contributed by atoms with Crippen molar-refractivity contribution in [1.29, 1.82) is 5.26 Å². The van der Waals surface area contributed by atoms with Crippen molar-refractivity contribution in [3.63, 3.8) is 0 Å². The van der Waals surface area contributed by atoms with E-state index in [0.29, 0.717) is 25.9 Å². The Bertz CT molecular complexity index is 489. The molecule has 8 nitrogen and oxygen atoms in total. The molecule has 1 fully saturated rings. The Labute approximate surface area is 119 Å². The van der Waals surface area contributed by atoms with Crippen LogP contribution in [0.25, 0.3) is 0 Å². The third-order valence-corrected chi connectivity index (χ3v) is 4.04. The highest BCUT2D eigenvalue weighted by Crippen LogP contribution is 2.21. The van der Waals surface area contributed by atoms with Gasteiger partial charge in [-0.25, -0.2) is 9.52 Å². The molecule has 0 aromatic heterocycles. The van der Waals surface area contributed by atoms with Crippen LogP contribution < -0.4 is 9.44 Å². The quantitative estimate of drug-likeness (QED) is 0.753. The second kappa shape index (κ2) is 6.39. The summed E-state index contributed by atoms with van der Waals surface area (Å²) in [5.41, 5.74) is -1.18. The van der Waals surface area contributed by atoms with E-state index in [0.717, 1.165) is 0 Å². The number of nitriles is 1. The summed E-state index contributed by atoms with van der Waals surface area (Å²) in [5.74, 6) is 0. The maximum Gasteiger partial charge on any atom is 0.422 e. The molecule has 20 heavy (non-hydrogen) atoms. The highest BCUT2D eigenvalue weighted by Gasteiger charge is 2.38. The minimum absolute atomic E-state index is 0.361. The summed E-state index contributed by atoms with van der Waals surface area (Å²) >= 11 is 0. The van der Waals surface area contributed by atoms with Crippen LogP contribution in [0.5, 0.6) is 0 Å². The van der Waals surface area contributed by atoms with Gasteiger partial charge < -0.3 is 9.64 Å². The van der Waals surface area contributed by atoms with E-state index >= 15 is 0 Å². The summed E-state index contributed by atoms with van der Waals surface area (Å²) in [6.07, 6.45) is -0.771. The summed E-state index contributed by atoms with van der Waals surface area (Å²) in [4.78, 5) is 13.3. The Morgan fingerprint density at radius 1 is 1.40 bits per heavy atom. The van der Waals surface area contributed by atoms with Crippen molar-refractivity contribution in [2.75, 3.05) is 20.1 Å². The van der Waals surface area contributed by atoms with Gasteiger partial charge in [-0.15, -0.1) is 0 Å². The van der Waals surface area contributed by atoms with Crippen LogP contribution in [0.15, 0.2) is 0 Å². The van der Waals surface area contributed by atoms with Gasteiger partial charge in [0.2, 0.25) is 0 Å². The van der Waals surface area contributed by atoms with Crippen LogP contribution >= 0.6 is 0 Å². The van der Waals surface area contributed by atoms with Gasteiger partial charge in [-0.1, -0.05) is 0 Å². The fourth-order valence-corrected chi connectivity index (χ4v) is 2.95. The maximum atomic E-state index is 11.8. The van der Waals surface area contributed by atoms with Crippen molar-refractivity contribution in [1.82, 2.24) is 14.3 Å². The van der Waals surface area contributed by atoms with Crippen molar-refractivity contribution in [2.24, 2.45) is 0 Å². The van der Waals surface area contributed by atoms with Gasteiger partial charge in [-0.3, -0.25) is 0 Å². The second-order valence-electron chi connectivity index (χ2n) is 5.16. The van der Waals surface area contributed by atoms with Gasteiger partial charge in [0.05, 0.1) is 12.2 Å². The van der Waals surface area contributed by atoms with Crippen molar-refractivity contribution in [3.8, 4) is 6.07 Å². The third kappa shape index (κ3) is 4.96. The molecule has 0 radical (unpaired) electrons. The lowest BCUT2D eigenvalue weighted by Gasteiger charge is -2.35. The zero-order chi connectivity index (χ0) is 15.4. The van der Waals surface area contributed by atoms with Gasteiger partial charge in [0.15, 0.2) is 0 Å². The van der Waals surface area contributed by atoms with Crippen LogP contribution in [0.3, 0.4) is 0 Å². The van der Waals surface area contributed by atoms with Crippen molar-refractivity contribution < 1.29 is 17.9 Å². The standard InChI is InChI=1S/C11H20N4O4S/c1-9(2)19-10(16)13-20(17,18)14-11(8-12)4-6-15(3)7-5-11/h9,14H,4-7H2,1-3H3,(H,13,16). The van der Waals surface area contributed by atoms with Gasteiger partial charge in [-0.2, -0.15) is 18.4 Å². The maximum absolute atomic E-state index is 11.8. The van der Waals surface area contributed by atoms with E-state index in [1.165, 1.54) is 0 Å². The molecule has 1 rings (SSSR count). The lowest BCUT2D eigenvalue weighted by molar-refractivity contribution is 0.121. The van der Waals surface area contributed by atoms with E-state index in [4.69, 9.17) is 4.74 Å². The summed E-state index contributed by atoms with van der Waals surface area (Å²) in [6.45, 7) is 4.42. The molecule has 0 spiro atoms. The average Bonchev–Trinajstić information content (AvgIpc) is 2.30. The molecule has 0 saturated carbocycles. The molecule has 0 aromatic rings. The predicted molar refractivity (Wildman–Crippen MR) is 71.9 cm³/mol. The number of carbonyl (C=O) groups excluding carboxylic acids is 1. The molecule has 0 aromatic carbocycles. The van der Waals surface area contributed by atoms with Gasteiger partial charge >= 0.3 is 16.3 Å². The topological polar surface area (TPSA) is 112 Å². The van der Waals surface area contributed by atoms with Gasteiger partial charge in [0, 0.05) is 13.1 Å². The van der Waals surface area contributed by atoms with Crippen LogP contribution in [-0.2, 0) is 14.9 Å². The largest absolute Gasteiger partial charge is 0.446 e. The first kappa shape index (κ1) is 16.7. The molecule has 1 amide bonds. The predicted octanol–water partition coefficient (Wildman–Crippen LogP) is -0.0566. The Morgan fingerprint density at radius 2 is 1.95 bits per heavy atom. The molecule has 1 aliphatic heterocycles. The number of carbonyl (C=O) groups is 1. The first-order valence-electron chi connectivity index (χ1n) is 6.30. The van der Waals surface area contributed by atoms with Crippen molar-refractivity contribution >= 4 is 16.3 Å². The minimum atomic E-state index is -4.13. The van der Waals surface area contributed by atoms with Crippen LogP contribution in [0.4, 0.5) is 4.79 Å². The Morgan fingerprint density at radius 3 is 2.40 bits per heavy atom. The summed E-state index contributed by atoms with van der Waals surface area (Å²) in [5, 5.41) is 9.23. The number of likely N-dealkylation sites (tertiary alicyclic amines) is 1. The Kier molecular flexibility index (Phi) is 5.33. The number of hydrogen-bond acceptors (Lipinski definition) is 6. The van der Waals surface area contributed by atoms with E-state index < -0.39 is 27.9 Å². The highest BCUT2D eigenvalue weighted by molar-refractivity contribution is 7.88. The summed E-state index contributed by atoms with van der Waals surface area (Å²) < 4.78 is 32.4. The Hall–Kier alpha value is -1.37. The minimum Gasteiger partial charge on any atom is -0.446 e. The number of ether oxygens (including phenoxy) is 1. The van der Waals surface area contributed by atoms with Gasteiger partial charge in [-0.05, 0) is 33.7 Å². The fourth-order valence-electron chi connectivity index (χ4n) is 1.87. The number of nitrogens with one attached hydrogen (secondary N) is 2. The molecular weight excluding hydrogens is 284 g/mol. The number of amides is 1. The SMILES string of the molecule is CC(C)OC(=O)NS(=O)(=O)NC1(C#N)CCN(C)CC1. The fraction of sp³-hybridized carbons (Fsp3) is 0.818. The lowest BCUT2D eigenvalue weighted by atomic mass is 9.91. The molecule has 9 heteroatoms. The van der Waals surface area contributed by atoms with E-state index in [9.17, 15) is 18.5 Å². The molecule has 1 aliphatic rings. The van der Waals surface area contributed by atoms with E-state index in [1.807, 2.05) is 18.0 Å². The van der Waals surface area contributed by atoms with E-state index in [1.54, 1.807) is 18.6 Å². The van der Waals surface area contributed by atoms with Crippen molar-refractivity contribution in [3.05, 3.63) is 0 Å².